The molecule has 0 unspecified atom stereocenters. The smallest absolute Gasteiger partial charge is 0.341 e. The van der Waals surface area contributed by atoms with Gasteiger partial charge in [0.15, 0.2) is 4.32 Å². The average Bonchev–Trinajstić information content (AvgIpc) is 3.07. The van der Waals surface area contributed by atoms with Crippen LogP contribution in [0.1, 0.15) is 21.5 Å². The van der Waals surface area contributed by atoms with E-state index in [9.17, 15) is 9.59 Å². The van der Waals surface area contributed by atoms with E-state index in [1.165, 1.54) is 23.9 Å². The summed E-state index contributed by atoms with van der Waals surface area (Å²) < 4.78 is 16.5. The second kappa shape index (κ2) is 9.53. The van der Waals surface area contributed by atoms with Gasteiger partial charge in [-0.15, -0.1) is 0 Å². The third-order valence-electron chi connectivity index (χ3n) is 4.03. The van der Waals surface area contributed by atoms with Gasteiger partial charge < -0.3 is 14.2 Å². The van der Waals surface area contributed by atoms with Gasteiger partial charge in [0.05, 0.1) is 26.2 Å². The molecule has 1 saturated heterocycles. The fourth-order valence-corrected chi connectivity index (χ4v) is 3.57. The van der Waals surface area contributed by atoms with Gasteiger partial charge in [0, 0.05) is 5.56 Å². The number of amides is 1. The first-order valence-electron chi connectivity index (χ1n) is 8.54. The normalized spacial score (nSPS) is 13.8. The molecule has 0 bridgehead atoms. The van der Waals surface area contributed by atoms with Gasteiger partial charge in [-0.25, -0.2) is 4.79 Å². The number of rotatable bonds is 7. The number of ether oxygens (including phenoxy) is 3. The number of hydrogen-bond donors (Lipinski definition) is 0. The Morgan fingerprint density at radius 1 is 1.24 bits per heavy atom. The van der Waals surface area contributed by atoms with Crippen LogP contribution in [0.5, 0.6) is 11.5 Å². The van der Waals surface area contributed by atoms with E-state index in [0.29, 0.717) is 27.1 Å². The first-order chi connectivity index (χ1) is 14.0. The van der Waals surface area contributed by atoms with Crippen LogP contribution in [-0.2, 0) is 16.1 Å². The number of para-hydroxylation sites is 1. The number of nitrogens with zero attached hydrogens (tertiary/aromatic N) is 2. The molecule has 1 heterocycles. The van der Waals surface area contributed by atoms with Crippen molar-refractivity contribution in [3.8, 4) is 11.5 Å². The summed E-state index contributed by atoms with van der Waals surface area (Å²) >= 11 is 6.40. The zero-order valence-corrected chi connectivity index (χ0v) is 17.4. The van der Waals surface area contributed by atoms with Gasteiger partial charge in [-0.2, -0.15) is 10.1 Å². The van der Waals surface area contributed by atoms with Crippen LogP contribution in [0.4, 0.5) is 0 Å². The summed E-state index contributed by atoms with van der Waals surface area (Å²) in [6.45, 7) is 0.162. The lowest BCUT2D eigenvalue weighted by atomic mass is 10.1. The minimum absolute atomic E-state index is 0.146. The molecular formula is C20H18N2O5S2. The zero-order chi connectivity index (χ0) is 20.8. The third-order valence-corrected chi connectivity index (χ3v) is 5.37. The van der Waals surface area contributed by atoms with Gasteiger partial charge in [0.1, 0.15) is 23.7 Å². The number of hydrazone groups is 1. The number of thioether (sulfide) groups is 1. The highest BCUT2D eigenvalue weighted by atomic mass is 32.2. The molecule has 9 heteroatoms. The van der Waals surface area contributed by atoms with Crippen molar-refractivity contribution in [3.63, 3.8) is 0 Å². The number of methoxy groups -OCH3 is 2. The van der Waals surface area contributed by atoms with Crippen molar-refractivity contribution in [2.75, 3.05) is 20.0 Å². The second-order valence-corrected chi connectivity index (χ2v) is 7.46. The summed E-state index contributed by atoms with van der Waals surface area (Å²) in [5.41, 5.74) is 1.84. The van der Waals surface area contributed by atoms with E-state index in [-0.39, 0.29) is 12.5 Å². The van der Waals surface area contributed by atoms with Crippen LogP contribution < -0.4 is 9.47 Å². The van der Waals surface area contributed by atoms with E-state index >= 15 is 0 Å². The third kappa shape index (κ3) is 4.93. The lowest BCUT2D eigenvalue weighted by Gasteiger charge is -2.13. The van der Waals surface area contributed by atoms with E-state index in [2.05, 4.69) is 5.10 Å². The van der Waals surface area contributed by atoms with Crippen molar-refractivity contribution in [2.24, 2.45) is 5.10 Å². The van der Waals surface area contributed by atoms with Gasteiger partial charge in [0.2, 0.25) is 0 Å². The molecule has 0 saturated carbocycles. The van der Waals surface area contributed by atoms with Gasteiger partial charge in [-0.3, -0.25) is 4.79 Å². The number of benzene rings is 2. The van der Waals surface area contributed by atoms with Crippen LogP contribution >= 0.6 is 24.0 Å². The van der Waals surface area contributed by atoms with Crippen LogP contribution in [0.15, 0.2) is 47.6 Å². The second-order valence-electron chi connectivity index (χ2n) is 5.85. The Kier molecular flexibility index (Phi) is 6.84. The van der Waals surface area contributed by atoms with Crippen LogP contribution in [-0.4, -0.2) is 47.4 Å². The monoisotopic (exact) mass is 430 g/mol. The van der Waals surface area contributed by atoms with Crippen molar-refractivity contribution >= 4 is 46.4 Å². The molecule has 1 aliphatic rings. The van der Waals surface area contributed by atoms with E-state index in [0.717, 1.165) is 11.1 Å². The van der Waals surface area contributed by atoms with Crippen molar-refractivity contribution in [2.45, 2.75) is 6.61 Å². The molecule has 0 atom stereocenters. The largest absolute Gasteiger partial charge is 0.496 e. The summed E-state index contributed by atoms with van der Waals surface area (Å²) in [4.78, 5) is 23.7. The van der Waals surface area contributed by atoms with Crippen molar-refractivity contribution in [1.29, 1.82) is 0 Å². The molecule has 1 aliphatic heterocycles. The van der Waals surface area contributed by atoms with Crippen LogP contribution in [0, 0.1) is 0 Å². The predicted molar refractivity (Wildman–Crippen MR) is 115 cm³/mol. The summed E-state index contributed by atoms with van der Waals surface area (Å²) in [6.07, 6.45) is 1.56. The first kappa shape index (κ1) is 20.8. The van der Waals surface area contributed by atoms with E-state index in [1.807, 2.05) is 12.1 Å². The van der Waals surface area contributed by atoms with E-state index in [4.69, 9.17) is 26.4 Å². The Morgan fingerprint density at radius 3 is 2.72 bits per heavy atom. The maximum atomic E-state index is 11.9. The molecule has 1 fully saturated rings. The Bertz CT molecular complexity index is 961. The van der Waals surface area contributed by atoms with Crippen molar-refractivity contribution in [3.05, 3.63) is 59.2 Å². The summed E-state index contributed by atoms with van der Waals surface area (Å²) in [7, 11) is 2.88. The first-order valence-corrected chi connectivity index (χ1v) is 9.93. The number of carbonyl (C=O) groups excluding carboxylic acids is 2. The van der Waals surface area contributed by atoms with Crippen LogP contribution in [0.3, 0.4) is 0 Å². The highest BCUT2D eigenvalue weighted by molar-refractivity contribution is 8.23. The molecule has 2 aromatic rings. The standard InChI is InChI=1S/C20H18N2O5S2/c1-25-16-8-7-13(10-21-22-18(23)12-29-20(22)28)9-14(16)11-27-17-6-4-3-5-15(17)19(24)26-2/h3-10H,11-12H2,1-2H3/b21-10-. The number of thiocarbonyl (C=S) groups is 1. The molecule has 0 spiro atoms. The highest BCUT2D eigenvalue weighted by Crippen LogP contribution is 2.25. The lowest BCUT2D eigenvalue weighted by molar-refractivity contribution is -0.124. The maximum Gasteiger partial charge on any atom is 0.341 e. The van der Waals surface area contributed by atoms with E-state index < -0.39 is 5.97 Å². The lowest BCUT2D eigenvalue weighted by Crippen LogP contribution is -2.22. The summed E-state index contributed by atoms with van der Waals surface area (Å²) in [5.74, 6) is 0.717. The highest BCUT2D eigenvalue weighted by Gasteiger charge is 2.26. The molecule has 29 heavy (non-hydrogen) atoms. The Morgan fingerprint density at radius 2 is 2.03 bits per heavy atom. The molecule has 3 rings (SSSR count). The SMILES string of the molecule is COC(=O)c1ccccc1OCc1cc(/C=N\N2C(=O)CSC2=S)ccc1OC. The molecule has 0 aliphatic carbocycles. The molecule has 0 radical (unpaired) electrons. The van der Waals surface area contributed by atoms with Gasteiger partial charge in [-0.05, 0) is 35.9 Å². The molecule has 1 amide bonds. The van der Waals surface area contributed by atoms with Crippen molar-refractivity contribution in [1.82, 2.24) is 5.01 Å². The number of hydrogen-bond acceptors (Lipinski definition) is 8. The minimum Gasteiger partial charge on any atom is -0.496 e. The van der Waals surface area contributed by atoms with Crippen LogP contribution in [0.25, 0.3) is 0 Å². The predicted octanol–water partition coefficient (Wildman–Crippen LogP) is 3.26. The molecule has 2 aromatic carbocycles. The van der Waals surface area contributed by atoms with Gasteiger partial charge >= 0.3 is 5.97 Å². The molecule has 7 nitrogen and oxygen atoms in total. The van der Waals surface area contributed by atoms with Crippen molar-refractivity contribution < 1.29 is 23.8 Å². The minimum atomic E-state index is -0.474. The molecule has 150 valence electrons. The molecular weight excluding hydrogens is 412 g/mol. The fraction of sp³-hybridized carbons (Fsp3) is 0.200. The van der Waals surface area contributed by atoms with E-state index in [1.54, 1.807) is 43.7 Å². The number of esters is 1. The maximum absolute atomic E-state index is 11.9. The molecule has 0 N–H and O–H groups in total. The summed E-state index contributed by atoms with van der Waals surface area (Å²) in [5, 5.41) is 5.39. The summed E-state index contributed by atoms with van der Waals surface area (Å²) in [6, 6.07) is 12.3. The number of carbonyl (C=O) groups is 2. The topological polar surface area (TPSA) is 77.4 Å². The molecule has 0 aromatic heterocycles. The zero-order valence-electron chi connectivity index (χ0n) is 15.8. The van der Waals surface area contributed by atoms with Gasteiger partial charge in [0.25, 0.3) is 5.91 Å². The quantitative estimate of drug-likeness (QED) is 0.379. The Balaban J connectivity index is 1.79. The fourth-order valence-electron chi connectivity index (χ4n) is 2.60. The van der Waals surface area contributed by atoms with Gasteiger partial charge in [-0.1, -0.05) is 36.1 Å². The Hall–Kier alpha value is -2.91. The van der Waals surface area contributed by atoms with Crippen LogP contribution in [0.2, 0.25) is 0 Å². The Labute approximate surface area is 177 Å². The average molecular weight is 431 g/mol.